The number of hydrogen-bond acceptors (Lipinski definition) is 5. The maximum Gasteiger partial charge on any atom is 0.318 e. The average Bonchev–Trinajstić information content (AvgIpc) is 2.97. The molecule has 1 aliphatic heterocycles. The standard InChI is InChI=1S/C15H22ClN3O2/c1-21-15-17-9-11(16)14(18-15)19-8-4-6-12(19)10-5-2-3-7-13(10)20/h9-10,12-13,20H,2-8H2,1H3/t10-,12-,13-/m1/s1. The van der Waals surface area contributed by atoms with E-state index >= 15 is 0 Å². The predicted molar refractivity (Wildman–Crippen MR) is 81.9 cm³/mol. The molecule has 1 aromatic heterocycles. The summed E-state index contributed by atoms with van der Waals surface area (Å²) in [5, 5.41) is 10.9. The highest BCUT2D eigenvalue weighted by Crippen LogP contribution is 2.38. The molecule has 0 radical (unpaired) electrons. The summed E-state index contributed by atoms with van der Waals surface area (Å²) in [5.41, 5.74) is 0. The molecule has 1 saturated heterocycles. The van der Waals surface area contributed by atoms with E-state index in [1.807, 2.05) is 0 Å². The van der Waals surface area contributed by atoms with Crippen LogP contribution in [0.1, 0.15) is 38.5 Å². The minimum Gasteiger partial charge on any atom is -0.467 e. The summed E-state index contributed by atoms with van der Waals surface area (Å²) < 4.78 is 5.11. The van der Waals surface area contributed by atoms with Crippen molar-refractivity contribution in [1.82, 2.24) is 9.97 Å². The number of halogens is 1. The van der Waals surface area contributed by atoms with E-state index in [0.717, 1.165) is 44.5 Å². The van der Waals surface area contributed by atoms with E-state index in [0.29, 0.717) is 23.0 Å². The van der Waals surface area contributed by atoms with Gasteiger partial charge in [0.15, 0.2) is 5.82 Å². The lowest BCUT2D eigenvalue weighted by Crippen LogP contribution is -2.43. The van der Waals surface area contributed by atoms with Gasteiger partial charge in [0.1, 0.15) is 5.02 Å². The highest BCUT2D eigenvalue weighted by atomic mass is 35.5. The van der Waals surface area contributed by atoms with Crippen LogP contribution in [0.5, 0.6) is 6.01 Å². The molecule has 2 fully saturated rings. The zero-order valence-corrected chi connectivity index (χ0v) is 13.1. The molecule has 0 unspecified atom stereocenters. The summed E-state index contributed by atoms with van der Waals surface area (Å²) in [4.78, 5) is 10.7. The Morgan fingerprint density at radius 2 is 2.10 bits per heavy atom. The maximum absolute atomic E-state index is 10.3. The lowest BCUT2D eigenvalue weighted by molar-refractivity contribution is 0.0565. The second-order valence-electron chi connectivity index (χ2n) is 5.95. The zero-order chi connectivity index (χ0) is 14.8. The lowest BCUT2D eigenvalue weighted by atomic mass is 9.80. The number of aliphatic hydroxyl groups is 1. The first-order chi connectivity index (χ1) is 10.2. The van der Waals surface area contributed by atoms with E-state index in [4.69, 9.17) is 16.3 Å². The van der Waals surface area contributed by atoms with Crippen molar-refractivity contribution in [3.63, 3.8) is 0 Å². The van der Waals surface area contributed by atoms with E-state index in [9.17, 15) is 5.11 Å². The number of rotatable bonds is 3. The molecular weight excluding hydrogens is 290 g/mol. The normalized spacial score (nSPS) is 29.7. The molecule has 116 valence electrons. The summed E-state index contributed by atoms with van der Waals surface area (Å²) in [7, 11) is 1.55. The molecule has 0 bridgehead atoms. The second kappa shape index (κ2) is 6.36. The fourth-order valence-corrected chi connectivity index (χ4v) is 3.93. The number of anilines is 1. The van der Waals surface area contributed by atoms with Crippen molar-refractivity contribution in [3.8, 4) is 6.01 Å². The van der Waals surface area contributed by atoms with Gasteiger partial charge in [-0.1, -0.05) is 24.4 Å². The molecule has 1 N–H and O–H groups in total. The summed E-state index contributed by atoms with van der Waals surface area (Å²) in [6.45, 7) is 0.924. The van der Waals surface area contributed by atoms with E-state index in [1.165, 1.54) is 6.42 Å². The highest BCUT2D eigenvalue weighted by molar-refractivity contribution is 6.32. The SMILES string of the molecule is COc1ncc(Cl)c(N2CCC[C@@H]2[C@H]2CCCC[C@H]2O)n1. The molecule has 2 aliphatic rings. The molecule has 2 heterocycles. The summed E-state index contributed by atoms with van der Waals surface area (Å²) in [6.07, 6.45) is 7.92. The molecule has 1 saturated carbocycles. The first-order valence-corrected chi connectivity index (χ1v) is 8.09. The van der Waals surface area contributed by atoms with Gasteiger partial charge in [0.25, 0.3) is 0 Å². The van der Waals surface area contributed by atoms with Crippen LogP contribution < -0.4 is 9.64 Å². The number of hydrogen-bond donors (Lipinski definition) is 1. The largest absolute Gasteiger partial charge is 0.467 e. The third-order valence-corrected chi connectivity index (χ3v) is 5.00. The maximum atomic E-state index is 10.3. The summed E-state index contributed by atoms with van der Waals surface area (Å²) >= 11 is 6.29. The monoisotopic (exact) mass is 311 g/mol. The second-order valence-corrected chi connectivity index (χ2v) is 6.35. The van der Waals surface area contributed by atoms with Gasteiger partial charge >= 0.3 is 6.01 Å². The molecule has 21 heavy (non-hydrogen) atoms. The Kier molecular flexibility index (Phi) is 4.50. The Labute approximate surface area is 130 Å². The molecular formula is C15H22ClN3O2. The Hall–Kier alpha value is -1.07. The van der Waals surface area contributed by atoms with Gasteiger partial charge in [-0.25, -0.2) is 4.98 Å². The van der Waals surface area contributed by atoms with Crippen LogP contribution in [-0.4, -0.2) is 40.9 Å². The van der Waals surface area contributed by atoms with Crippen LogP contribution >= 0.6 is 11.6 Å². The van der Waals surface area contributed by atoms with E-state index in [-0.39, 0.29) is 6.10 Å². The Balaban J connectivity index is 1.86. The van der Waals surface area contributed by atoms with Crippen LogP contribution in [0.3, 0.4) is 0 Å². The first-order valence-electron chi connectivity index (χ1n) is 7.72. The van der Waals surface area contributed by atoms with Crippen LogP contribution in [0.4, 0.5) is 5.82 Å². The summed E-state index contributed by atoms with van der Waals surface area (Å²) in [5.74, 6) is 1.06. The lowest BCUT2D eigenvalue weighted by Gasteiger charge is -2.37. The first kappa shape index (κ1) is 14.9. The van der Waals surface area contributed by atoms with Gasteiger partial charge in [-0.3, -0.25) is 0 Å². The highest BCUT2D eigenvalue weighted by Gasteiger charge is 2.38. The zero-order valence-electron chi connectivity index (χ0n) is 12.3. The van der Waals surface area contributed by atoms with Gasteiger partial charge in [-0.05, 0) is 25.7 Å². The Morgan fingerprint density at radius 1 is 1.29 bits per heavy atom. The van der Waals surface area contributed by atoms with Crippen molar-refractivity contribution in [2.45, 2.75) is 50.7 Å². The predicted octanol–water partition coefficient (Wildman–Crippen LogP) is 2.66. The van der Waals surface area contributed by atoms with Crippen LogP contribution in [0.15, 0.2) is 6.20 Å². The van der Waals surface area contributed by atoms with Crippen LogP contribution in [0.2, 0.25) is 5.02 Å². The number of nitrogens with zero attached hydrogens (tertiary/aromatic N) is 3. The van der Waals surface area contributed by atoms with E-state index in [1.54, 1.807) is 13.3 Å². The van der Waals surface area contributed by atoms with Crippen molar-refractivity contribution >= 4 is 17.4 Å². The summed E-state index contributed by atoms with van der Waals surface area (Å²) in [6, 6.07) is 0.654. The molecule has 3 atom stereocenters. The Bertz CT molecular complexity index is 500. The van der Waals surface area contributed by atoms with Gasteiger partial charge in [0.05, 0.1) is 19.4 Å². The van der Waals surface area contributed by atoms with Crippen molar-refractivity contribution in [1.29, 1.82) is 0 Å². The molecule has 0 aromatic carbocycles. The molecule has 0 spiro atoms. The molecule has 6 heteroatoms. The van der Waals surface area contributed by atoms with Gasteiger partial charge < -0.3 is 14.7 Å². The van der Waals surface area contributed by atoms with Gasteiger partial charge in [0, 0.05) is 18.5 Å². The number of aromatic nitrogens is 2. The van der Waals surface area contributed by atoms with E-state index in [2.05, 4.69) is 14.9 Å². The van der Waals surface area contributed by atoms with Crippen LogP contribution in [0.25, 0.3) is 0 Å². The fraction of sp³-hybridized carbons (Fsp3) is 0.733. The average molecular weight is 312 g/mol. The smallest absolute Gasteiger partial charge is 0.318 e. The number of ether oxygens (including phenoxy) is 1. The van der Waals surface area contributed by atoms with Crippen molar-refractivity contribution < 1.29 is 9.84 Å². The minimum atomic E-state index is -0.202. The van der Waals surface area contributed by atoms with Crippen molar-refractivity contribution in [2.75, 3.05) is 18.6 Å². The molecule has 5 nitrogen and oxygen atoms in total. The minimum absolute atomic E-state index is 0.202. The number of methoxy groups -OCH3 is 1. The van der Waals surface area contributed by atoms with Crippen molar-refractivity contribution in [3.05, 3.63) is 11.2 Å². The molecule has 1 aliphatic carbocycles. The third-order valence-electron chi connectivity index (χ3n) is 4.73. The topological polar surface area (TPSA) is 58.5 Å². The van der Waals surface area contributed by atoms with Crippen LogP contribution in [0, 0.1) is 5.92 Å². The van der Waals surface area contributed by atoms with Gasteiger partial charge in [-0.2, -0.15) is 4.98 Å². The third kappa shape index (κ3) is 2.94. The fourth-order valence-electron chi connectivity index (χ4n) is 3.73. The molecule has 3 rings (SSSR count). The van der Waals surface area contributed by atoms with E-state index < -0.39 is 0 Å². The van der Waals surface area contributed by atoms with Gasteiger partial charge in [0.2, 0.25) is 0 Å². The number of aliphatic hydroxyl groups excluding tert-OH is 1. The van der Waals surface area contributed by atoms with Gasteiger partial charge in [-0.15, -0.1) is 0 Å². The molecule has 0 amide bonds. The quantitative estimate of drug-likeness (QED) is 0.930. The van der Waals surface area contributed by atoms with Crippen molar-refractivity contribution in [2.24, 2.45) is 5.92 Å². The Morgan fingerprint density at radius 3 is 2.86 bits per heavy atom. The molecule has 1 aromatic rings. The van der Waals surface area contributed by atoms with Crippen LogP contribution in [-0.2, 0) is 0 Å².